The normalized spacial score (nSPS) is 15.1. The number of carbonyl (C=O) groups is 1. The Morgan fingerprint density at radius 3 is 2.25 bits per heavy atom. The molecule has 1 aliphatic rings. The predicted octanol–water partition coefficient (Wildman–Crippen LogP) is 0.178. The van der Waals surface area contributed by atoms with Crippen LogP contribution in [0, 0.1) is 6.92 Å². The number of nitrogens with zero attached hydrogens (tertiary/aromatic N) is 5. The zero-order valence-electron chi connectivity index (χ0n) is 11.1. The molecule has 0 unspecified atom stereocenters. The summed E-state index contributed by atoms with van der Waals surface area (Å²) in [6.07, 6.45) is 6.94. The van der Waals surface area contributed by atoms with Crippen molar-refractivity contribution in [2.24, 2.45) is 0 Å². The lowest BCUT2D eigenvalue weighted by molar-refractivity contribution is -0.120. The molecule has 1 fully saturated rings. The van der Waals surface area contributed by atoms with E-state index in [1.54, 1.807) is 24.8 Å². The Balaban J connectivity index is 1.80. The van der Waals surface area contributed by atoms with Crippen LogP contribution < -0.4 is 10.2 Å². The molecule has 1 N–H and O–H groups in total. The zero-order chi connectivity index (χ0) is 13.9. The number of nitrogens with one attached hydrogen (secondary N) is 1. The largest absolute Gasteiger partial charge is 0.353 e. The zero-order valence-corrected chi connectivity index (χ0v) is 11.1. The SMILES string of the molecule is Cc1ncc(-c2cnc(N3CCNC(=O)C3)nc2)cn1. The fourth-order valence-corrected chi connectivity index (χ4v) is 1.98. The molecule has 0 aromatic carbocycles. The van der Waals surface area contributed by atoms with E-state index in [1.807, 2.05) is 11.8 Å². The van der Waals surface area contributed by atoms with Gasteiger partial charge in [-0.05, 0) is 6.92 Å². The van der Waals surface area contributed by atoms with E-state index in [0.717, 1.165) is 23.5 Å². The second kappa shape index (κ2) is 5.20. The van der Waals surface area contributed by atoms with Crippen LogP contribution in [0.1, 0.15) is 5.82 Å². The molecule has 7 nitrogen and oxygen atoms in total. The van der Waals surface area contributed by atoms with E-state index in [4.69, 9.17) is 0 Å². The monoisotopic (exact) mass is 270 g/mol. The standard InChI is InChI=1S/C13H14N6O/c1-9-15-4-10(5-16-9)11-6-17-13(18-7-11)19-3-2-14-12(20)8-19/h4-7H,2-3,8H2,1H3,(H,14,20). The summed E-state index contributed by atoms with van der Waals surface area (Å²) in [6.45, 7) is 3.48. The van der Waals surface area contributed by atoms with Crippen LogP contribution in [0.15, 0.2) is 24.8 Å². The smallest absolute Gasteiger partial charge is 0.239 e. The second-order valence-electron chi connectivity index (χ2n) is 4.56. The van der Waals surface area contributed by atoms with Crippen molar-refractivity contribution in [1.29, 1.82) is 0 Å². The first-order chi connectivity index (χ1) is 9.72. The second-order valence-corrected chi connectivity index (χ2v) is 4.56. The summed E-state index contributed by atoms with van der Waals surface area (Å²) in [4.78, 5) is 30.1. The van der Waals surface area contributed by atoms with E-state index in [1.165, 1.54) is 0 Å². The average molecular weight is 270 g/mol. The van der Waals surface area contributed by atoms with Crippen LogP contribution in [0.3, 0.4) is 0 Å². The third kappa shape index (κ3) is 2.56. The highest BCUT2D eigenvalue weighted by Crippen LogP contribution is 2.17. The molecular formula is C13H14N6O. The predicted molar refractivity (Wildman–Crippen MR) is 73.0 cm³/mol. The molecule has 3 rings (SSSR count). The van der Waals surface area contributed by atoms with Gasteiger partial charge in [-0.2, -0.15) is 0 Å². The third-order valence-corrected chi connectivity index (χ3v) is 3.07. The molecular weight excluding hydrogens is 256 g/mol. The highest BCUT2D eigenvalue weighted by molar-refractivity contribution is 5.81. The molecule has 0 aliphatic carbocycles. The van der Waals surface area contributed by atoms with E-state index < -0.39 is 0 Å². The van der Waals surface area contributed by atoms with Crippen LogP contribution >= 0.6 is 0 Å². The van der Waals surface area contributed by atoms with Crippen molar-refractivity contribution < 1.29 is 4.79 Å². The van der Waals surface area contributed by atoms with Gasteiger partial charge in [0.1, 0.15) is 5.82 Å². The number of aromatic nitrogens is 4. The molecule has 20 heavy (non-hydrogen) atoms. The van der Waals surface area contributed by atoms with Crippen LogP contribution in [0.2, 0.25) is 0 Å². The average Bonchev–Trinajstić information content (AvgIpc) is 2.48. The Morgan fingerprint density at radius 1 is 1.05 bits per heavy atom. The molecule has 0 atom stereocenters. The van der Waals surface area contributed by atoms with Gasteiger partial charge in [-0.3, -0.25) is 4.79 Å². The van der Waals surface area contributed by atoms with Gasteiger partial charge in [0, 0.05) is 49.0 Å². The lowest BCUT2D eigenvalue weighted by Crippen LogP contribution is -2.48. The number of hydrogen-bond donors (Lipinski definition) is 1. The van der Waals surface area contributed by atoms with Gasteiger partial charge in [0.05, 0.1) is 6.54 Å². The minimum absolute atomic E-state index is 0.00383. The maximum Gasteiger partial charge on any atom is 0.239 e. The maximum atomic E-state index is 11.3. The molecule has 7 heteroatoms. The van der Waals surface area contributed by atoms with Crippen LogP contribution in [0.4, 0.5) is 5.95 Å². The van der Waals surface area contributed by atoms with Gasteiger partial charge >= 0.3 is 0 Å². The van der Waals surface area contributed by atoms with Crippen molar-refractivity contribution in [3.8, 4) is 11.1 Å². The van der Waals surface area contributed by atoms with Crippen molar-refractivity contribution >= 4 is 11.9 Å². The molecule has 1 aliphatic heterocycles. The first kappa shape index (κ1) is 12.5. The number of hydrogen-bond acceptors (Lipinski definition) is 6. The first-order valence-corrected chi connectivity index (χ1v) is 6.35. The summed E-state index contributed by atoms with van der Waals surface area (Å²) in [5.41, 5.74) is 1.73. The Labute approximate surface area is 116 Å². The van der Waals surface area contributed by atoms with E-state index in [2.05, 4.69) is 25.3 Å². The Bertz CT molecular complexity index is 610. The van der Waals surface area contributed by atoms with E-state index >= 15 is 0 Å². The van der Waals surface area contributed by atoms with Gasteiger partial charge in [0.25, 0.3) is 0 Å². The number of piperazine rings is 1. The van der Waals surface area contributed by atoms with Crippen molar-refractivity contribution in [3.05, 3.63) is 30.6 Å². The summed E-state index contributed by atoms with van der Waals surface area (Å²) < 4.78 is 0. The molecule has 0 saturated carbocycles. The number of amides is 1. The molecule has 0 spiro atoms. The van der Waals surface area contributed by atoms with Crippen LogP contribution in [-0.4, -0.2) is 45.5 Å². The lowest BCUT2D eigenvalue weighted by atomic mass is 10.2. The minimum Gasteiger partial charge on any atom is -0.353 e. The highest BCUT2D eigenvalue weighted by atomic mass is 16.2. The molecule has 2 aromatic rings. The fraction of sp³-hybridized carbons (Fsp3) is 0.308. The maximum absolute atomic E-state index is 11.3. The number of rotatable bonds is 2. The van der Waals surface area contributed by atoms with Gasteiger partial charge in [-0.25, -0.2) is 19.9 Å². The molecule has 0 bridgehead atoms. The Morgan fingerprint density at radius 2 is 1.65 bits per heavy atom. The first-order valence-electron chi connectivity index (χ1n) is 6.35. The summed E-state index contributed by atoms with van der Waals surface area (Å²) in [5.74, 6) is 1.29. The van der Waals surface area contributed by atoms with Gasteiger partial charge in [0.2, 0.25) is 11.9 Å². The summed E-state index contributed by atoms with van der Waals surface area (Å²) in [6, 6.07) is 0. The van der Waals surface area contributed by atoms with Crippen LogP contribution in [0.5, 0.6) is 0 Å². The van der Waals surface area contributed by atoms with Crippen molar-refractivity contribution in [3.63, 3.8) is 0 Å². The summed E-state index contributed by atoms with van der Waals surface area (Å²) in [7, 11) is 0. The van der Waals surface area contributed by atoms with E-state index in [0.29, 0.717) is 19.0 Å². The molecule has 1 amide bonds. The topological polar surface area (TPSA) is 83.9 Å². The number of anilines is 1. The van der Waals surface area contributed by atoms with Crippen LogP contribution in [-0.2, 0) is 4.79 Å². The van der Waals surface area contributed by atoms with E-state index in [-0.39, 0.29) is 5.91 Å². The molecule has 102 valence electrons. The summed E-state index contributed by atoms with van der Waals surface area (Å²) >= 11 is 0. The third-order valence-electron chi connectivity index (χ3n) is 3.07. The van der Waals surface area contributed by atoms with Gasteiger partial charge in [0.15, 0.2) is 0 Å². The lowest BCUT2D eigenvalue weighted by Gasteiger charge is -2.26. The number of carbonyl (C=O) groups excluding carboxylic acids is 1. The molecule has 3 heterocycles. The van der Waals surface area contributed by atoms with Crippen molar-refractivity contribution in [2.75, 3.05) is 24.5 Å². The fourth-order valence-electron chi connectivity index (χ4n) is 1.98. The Hall–Kier alpha value is -2.57. The van der Waals surface area contributed by atoms with Gasteiger partial charge in [-0.1, -0.05) is 0 Å². The van der Waals surface area contributed by atoms with Crippen LogP contribution in [0.25, 0.3) is 11.1 Å². The molecule has 1 saturated heterocycles. The minimum atomic E-state index is -0.00383. The summed E-state index contributed by atoms with van der Waals surface area (Å²) in [5, 5.41) is 2.77. The van der Waals surface area contributed by atoms with E-state index in [9.17, 15) is 4.79 Å². The Kier molecular flexibility index (Phi) is 3.24. The van der Waals surface area contributed by atoms with Gasteiger partial charge < -0.3 is 10.2 Å². The molecule has 2 aromatic heterocycles. The molecule has 0 radical (unpaired) electrons. The van der Waals surface area contributed by atoms with Crippen molar-refractivity contribution in [1.82, 2.24) is 25.3 Å². The number of aryl methyl sites for hydroxylation is 1. The highest BCUT2D eigenvalue weighted by Gasteiger charge is 2.18. The van der Waals surface area contributed by atoms with Crippen molar-refractivity contribution in [2.45, 2.75) is 6.92 Å². The quantitative estimate of drug-likeness (QED) is 0.838. The van der Waals surface area contributed by atoms with Gasteiger partial charge in [-0.15, -0.1) is 0 Å².